The number of aromatic nitrogens is 3. The monoisotopic (exact) mass is 532 g/mol. The van der Waals surface area contributed by atoms with E-state index in [-0.39, 0.29) is 26.7 Å². The van der Waals surface area contributed by atoms with E-state index in [4.69, 9.17) is 4.74 Å². The maximum absolute atomic E-state index is 13.6. The Hall–Kier alpha value is -2.34. The average Bonchev–Trinajstić information content (AvgIpc) is 3.37. The lowest BCUT2D eigenvalue weighted by atomic mass is 9.67. The van der Waals surface area contributed by atoms with Gasteiger partial charge in [0.2, 0.25) is 10.0 Å². The molecule has 11 heteroatoms. The Balaban J connectivity index is 1.48. The van der Waals surface area contributed by atoms with Crippen LogP contribution >= 0.6 is 0 Å². The van der Waals surface area contributed by atoms with Gasteiger partial charge >= 0.3 is 0 Å². The predicted molar refractivity (Wildman–Crippen MR) is 136 cm³/mol. The summed E-state index contributed by atoms with van der Waals surface area (Å²) in [6.45, 7) is 5.05. The van der Waals surface area contributed by atoms with Crippen LogP contribution in [0.5, 0.6) is 0 Å². The van der Waals surface area contributed by atoms with E-state index in [9.17, 15) is 16.8 Å². The summed E-state index contributed by atoms with van der Waals surface area (Å²) in [6.07, 6.45) is 6.52. The molecule has 9 nitrogen and oxygen atoms in total. The van der Waals surface area contributed by atoms with Gasteiger partial charge in [0.25, 0.3) is 10.0 Å². The van der Waals surface area contributed by atoms with Gasteiger partial charge in [0.1, 0.15) is 11.0 Å². The van der Waals surface area contributed by atoms with Gasteiger partial charge in [-0.25, -0.2) is 12.7 Å². The van der Waals surface area contributed by atoms with E-state index in [2.05, 4.69) is 23.9 Å². The Labute approximate surface area is 212 Å². The molecule has 1 saturated heterocycles. The highest BCUT2D eigenvalue weighted by Crippen LogP contribution is 2.52. The smallest absolute Gasteiger partial charge is 0.283 e. The molecule has 0 radical (unpaired) electrons. The van der Waals surface area contributed by atoms with Crippen molar-refractivity contribution in [2.24, 2.45) is 5.41 Å². The van der Waals surface area contributed by atoms with E-state index in [0.717, 1.165) is 47.1 Å². The van der Waals surface area contributed by atoms with Gasteiger partial charge in [-0.2, -0.15) is 17.6 Å². The predicted octanol–water partition coefficient (Wildman–Crippen LogP) is 3.76. The van der Waals surface area contributed by atoms with E-state index in [0.29, 0.717) is 16.7 Å². The van der Waals surface area contributed by atoms with Crippen LogP contribution < -0.4 is 0 Å². The van der Waals surface area contributed by atoms with Crippen LogP contribution in [0, 0.1) is 5.41 Å². The lowest BCUT2D eigenvalue weighted by molar-refractivity contribution is 0.0280. The first-order valence-electron chi connectivity index (χ1n) is 12.1. The number of fused-ring (bicyclic) bond motifs is 1. The standard InChI is InChI=1S/C25H32N4O5S2/c1-24(2)16-25(17-34-24)13-11-18(12-14-25)22-23-21(6-5-15-26-23)29(27-22)36(32,33)20-9-7-19(8-10-20)35(30,31)28(3)4/h5-10,15,18H,11-14,16-17H2,1-4H3/t18-,25+. The maximum Gasteiger partial charge on any atom is 0.283 e. The van der Waals surface area contributed by atoms with Crippen LogP contribution in [0.2, 0.25) is 0 Å². The molecule has 2 aromatic heterocycles. The molecule has 0 N–H and O–H groups in total. The third-order valence-corrected chi connectivity index (χ3v) is 11.0. The van der Waals surface area contributed by atoms with Gasteiger partial charge in [-0.1, -0.05) is 0 Å². The zero-order valence-corrected chi connectivity index (χ0v) is 22.6. The van der Waals surface area contributed by atoms with Crippen LogP contribution in [-0.4, -0.2) is 61.6 Å². The number of nitrogens with zero attached hydrogens (tertiary/aromatic N) is 4. The van der Waals surface area contributed by atoms with Gasteiger partial charge in [0.05, 0.1) is 27.7 Å². The second-order valence-corrected chi connectivity index (χ2v) is 14.8. The van der Waals surface area contributed by atoms with Crippen molar-refractivity contribution >= 4 is 31.1 Å². The second kappa shape index (κ2) is 8.61. The maximum atomic E-state index is 13.6. The summed E-state index contributed by atoms with van der Waals surface area (Å²) < 4.78 is 60.2. The van der Waals surface area contributed by atoms with Gasteiger partial charge in [0, 0.05) is 26.2 Å². The summed E-state index contributed by atoms with van der Waals surface area (Å²) in [5, 5.41) is 4.61. The summed E-state index contributed by atoms with van der Waals surface area (Å²) >= 11 is 0. The van der Waals surface area contributed by atoms with Crippen LogP contribution in [0.3, 0.4) is 0 Å². The number of sulfonamides is 1. The number of hydrogen-bond donors (Lipinski definition) is 0. The van der Waals surface area contributed by atoms with E-state index in [1.165, 1.54) is 38.4 Å². The lowest BCUT2D eigenvalue weighted by Crippen LogP contribution is -2.29. The van der Waals surface area contributed by atoms with Gasteiger partial charge < -0.3 is 4.74 Å². The molecule has 2 fully saturated rings. The minimum absolute atomic E-state index is 0.0225. The number of pyridine rings is 1. The first-order chi connectivity index (χ1) is 16.8. The van der Waals surface area contributed by atoms with E-state index >= 15 is 0 Å². The lowest BCUT2D eigenvalue weighted by Gasteiger charge is -2.36. The average molecular weight is 533 g/mol. The Morgan fingerprint density at radius 2 is 1.64 bits per heavy atom. The second-order valence-electron chi connectivity index (χ2n) is 10.9. The fraction of sp³-hybridized carbons (Fsp3) is 0.520. The molecule has 0 amide bonds. The SMILES string of the molecule is CN(C)S(=O)(=O)c1ccc(S(=O)(=O)n2nc([C@H]3CC[C@]4(CC3)COC(C)(C)C4)c3ncccc32)cc1. The topological polar surface area (TPSA) is 111 Å². The van der Waals surface area contributed by atoms with Crippen molar-refractivity contribution in [1.29, 1.82) is 0 Å². The Morgan fingerprint density at radius 1 is 1.00 bits per heavy atom. The van der Waals surface area contributed by atoms with Gasteiger partial charge in [-0.3, -0.25) is 4.98 Å². The molecule has 0 atom stereocenters. The molecule has 1 aliphatic carbocycles. The summed E-state index contributed by atoms with van der Waals surface area (Å²) in [4.78, 5) is 4.49. The fourth-order valence-electron chi connectivity index (χ4n) is 5.68. The molecule has 0 bridgehead atoms. The number of benzene rings is 1. The van der Waals surface area contributed by atoms with Crippen LogP contribution in [0.25, 0.3) is 11.0 Å². The third-order valence-electron chi connectivity index (χ3n) is 7.56. The molecule has 36 heavy (non-hydrogen) atoms. The minimum atomic E-state index is -4.07. The van der Waals surface area contributed by atoms with Crippen LogP contribution in [-0.2, 0) is 24.8 Å². The summed E-state index contributed by atoms with van der Waals surface area (Å²) in [6, 6.07) is 8.62. The fourth-order valence-corrected chi connectivity index (χ4v) is 7.86. The van der Waals surface area contributed by atoms with E-state index in [1.54, 1.807) is 18.3 Å². The molecule has 1 aliphatic heterocycles. The molecule has 1 aromatic carbocycles. The Bertz CT molecular complexity index is 1500. The van der Waals surface area contributed by atoms with Gasteiger partial charge in [-0.15, -0.1) is 0 Å². The first-order valence-corrected chi connectivity index (χ1v) is 15.0. The van der Waals surface area contributed by atoms with E-state index < -0.39 is 20.0 Å². The van der Waals surface area contributed by atoms with Crippen molar-refractivity contribution in [2.75, 3.05) is 20.7 Å². The van der Waals surface area contributed by atoms with Crippen molar-refractivity contribution in [3.8, 4) is 0 Å². The molecular weight excluding hydrogens is 500 g/mol. The highest BCUT2D eigenvalue weighted by molar-refractivity contribution is 7.90. The Morgan fingerprint density at radius 3 is 2.22 bits per heavy atom. The molecule has 3 aromatic rings. The van der Waals surface area contributed by atoms with Crippen LogP contribution in [0.4, 0.5) is 0 Å². The Kier molecular flexibility index (Phi) is 6.06. The molecule has 194 valence electrons. The number of hydrogen-bond acceptors (Lipinski definition) is 7. The van der Waals surface area contributed by atoms with Crippen molar-refractivity contribution in [2.45, 2.75) is 67.3 Å². The highest BCUT2D eigenvalue weighted by atomic mass is 32.2. The molecule has 1 spiro atoms. The highest BCUT2D eigenvalue weighted by Gasteiger charge is 2.46. The summed E-state index contributed by atoms with van der Waals surface area (Å²) in [7, 11) is -4.88. The van der Waals surface area contributed by atoms with Crippen molar-refractivity contribution in [3.63, 3.8) is 0 Å². The number of rotatable bonds is 5. The summed E-state index contributed by atoms with van der Waals surface area (Å²) in [5.41, 5.74) is 1.80. The molecule has 3 heterocycles. The zero-order chi connectivity index (χ0) is 25.9. The largest absolute Gasteiger partial charge is 0.375 e. The van der Waals surface area contributed by atoms with Gasteiger partial charge in [-0.05, 0) is 87.8 Å². The molecule has 0 unspecified atom stereocenters. The molecular formula is C25H32N4O5S2. The third kappa shape index (κ3) is 4.25. The first kappa shape index (κ1) is 25.3. The van der Waals surface area contributed by atoms with E-state index in [1.807, 2.05) is 0 Å². The normalized spacial score (nSPS) is 24.6. The number of ether oxygens (including phenoxy) is 1. The van der Waals surface area contributed by atoms with Crippen LogP contribution in [0.15, 0.2) is 52.4 Å². The van der Waals surface area contributed by atoms with Crippen molar-refractivity contribution < 1.29 is 21.6 Å². The van der Waals surface area contributed by atoms with Crippen LogP contribution in [0.1, 0.15) is 57.6 Å². The molecule has 1 saturated carbocycles. The minimum Gasteiger partial charge on any atom is -0.375 e. The molecule has 2 aliphatic rings. The zero-order valence-electron chi connectivity index (χ0n) is 21.0. The molecule has 5 rings (SSSR count). The van der Waals surface area contributed by atoms with Crippen molar-refractivity contribution in [3.05, 3.63) is 48.3 Å². The van der Waals surface area contributed by atoms with Crippen molar-refractivity contribution in [1.82, 2.24) is 18.5 Å². The quantitative estimate of drug-likeness (QED) is 0.492. The van der Waals surface area contributed by atoms with Gasteiger partial charge in [0.15, 0.2) is 0 Å². The summed E-state index contributed by atoms with van der Waals surface area (Å²) in [5.74, 6) is 0.112.